The van der Waals surface area contributed by atoms with E-state index in [-0.39, 0.29) is 29.8 Å². The van der Waals surface area contributed by atoms with E-state index in [0.717, 1.165) is 32.3 Å². The van der Waals surface area contributed by atoms with Gasteiger partial charge in [-0.1, -0.05) is 81.2 Å². The van der Waals surface area contributed by atoms with E-state index in [0.29, 0.717) is 40.8 Å². The number of allylic oxidation sites excluding steroid dienone is 3. The van der Waals surface area contributed by atoms with Gasteiger partial charge in [0.15, 0.2) is 0 Å². The third-order valence-corrected chi connectivity index (χ3v) is 6.21. The molecule has 0 N–H and O–H groups in total. The normalized spacial score (nSPS) is 14.8. The summed E-state index contributed by atoms with van der Waals surface area (Å²) in [5.41, 5.74) is 0.126. The minimum atomic E-state index is -4.21. The van der Waals surface area contributed by atoms with Gasteiger partial charge >= 0.3 is 12.1 Å². The summed E-state index contributed by atoms with van der Waals surface area (Å²) in [6.45, 7) is 13.2. The van der Waals surface area contributed by atoms with Crippen molar-refractivity contribution in [3.8, 4) is 0 Å². The molecule has 1 fully saturated rings. The summed E-state index contributed by atoms with van der Waals surface area (Å²) in [5, 5.41) is 0.276. The number of halogens is 5. The van der Waals surface area contributed by atoms with Crippen LogP contribution in [0.3, 0.4) is 0 Å². The zero-order valence-corrected chi connectivity index (χ0v) is 24.7. The Bertz CT molecular complexity index is 1010. The minimum absolute atomic E-state index is 0.0115. The largest absolute Gasteiger partial charge is 0.460 e. The summed E-state index contributed by atoms with van der Waals surface area (Å²) in [6, 6.07) is 2.85. The Labute approximate surface area is 234 Å². The quantitative estimate of drug-likeness (QED) is 0.133. The maximum atomic E-state index is 14.1. The maximum absolute atomic E-state index is 14.1. The molecule has 0 atom stereocenters. The highest BCUT2D eigenvalue weighted by molar-refractivity contribution is 7.80. The number of hydrogen-bond donors (Lipinski definition) is 0. The van der Waals surface area contributed by atoms with Gasteiger partial charge in [-0.2, -0.15) is 13.2 Å². The summed E-state index contributed by atoms with van der Waals surface area (Å²) in [4.78, 5) is 24.8. The van der Waals surface area contributed by atoms with E-state index in [9.17, 15) is 27.2 Å². The predicted molar refractivity (Wildman–Crippen MR) is 150 cm³/mol. The van der Waals surface area contributed by atoms with Crippen LogP contribution >= 0.6 is 23.8 Å². The van der Waals surface area contributed by atoms with Crippen LogP contribution in [0.1, 0.15) is 84.8 Å². The van der Waals surface area contributed by atoms with E-state index in [1.807, 2.05) is 13.8 Å². The number of benzene rings is 1. The molecule has 0 saturated heterocycles. The van der Waals surface area contributed by atoms with E-state index >= 15 is 0 Å². The van der Waals surface area contributed by atoms with Gasteiger partial charge < -0.3 is 4.74 Å². The van der Waals surface area contributed by atoms with Gasteiger partial charge in [-0.3, -0.25) is 9.59 Å². The molecule has 0 amide bonds. The van der Waals surface area contributed by atoms with Crippen LogP contribution in [0.25, 0.3) is 0 Å². The monoisotopic (exact) mass is 578 g/mol. The molecule has 0 bridgehead atoms. The number of hydrogen-bond acceptors (Lipinski definition) is 4. The number of alkyl halides is 3. The number of thiocarbonyl (C=S) groups is 1. The van der Waals surface area contributed by atoms with Crippen molar-refractivity contribution < 1.29 is 31.9 Å². The minimum Gasteiger partial charge on any atom is -0.460 e. The molecule has 1 aromatic carbocycles. The van der Waals surface area contributed by atoms with Gasteiger partial charge in [0.2, 0.25) is 0 Å². The van der Waals surface area contributed by atoms with Gasteiger partial charge in [-0.15, -0.1) is 0 Å². The Morgan fingerprint density at radius 2 is 1.63 bits per heavy atom. The van der Waals surface area contributed by atoms with E-state index in [1.165, 1.54) is 19.9 Å². The second kappa shape index (κ2) is 16.8. The number of esters is 1. The van der Waals surface area contributed by atoms with Gasteiger partial charge in [0.25, 0.3) is 0 Å². The third-order valence-electron chi connectivity index (χ3n) is 5.74. The van der Waals surface area contributed by atoms with E-state index in [4.69, 9.17) is 28.6 Å². The summed E-state index contributed by atoms with van der Waals surface area (Å²) in [7, 11) is 0. The summed E-state index contributed by atoms with van der Waals surface area (Å²) in [5.74, 6) is -0.888. The average Bonchev–Trinajstić information content (AvgIpc) is 2.81. The number of carbonyl (C=O) groups is 2. The van der Waals surface area contributed by atoms with Crippen LogP contribution in [-0.4, -0.2) is 29.4 Å². The molecular weight excluding hydrogens is 540 g/mol. The van der Waals surface area contributed by atoms with Gasteiger partial charge in [-0.05, 0) is 64.2 Å². The topological polar surface area (TPSA) is 43.4 Å². The van der Waals surface area contributed by atoms with E-state index in [1.54, 1.807) is 13.0 Å². The Morgan fingerprint density at radius 3 is 2.05 bits per heavy atom. The van der Waals surface area contributed by atoms with Crippen LogP contribution in [0, 0.1) is 11.2 Å². The lowest BCUT2D eigenvalue weighted by Gasteiger charge is -2.35. The molecule has 0 spiro atoms. The van der Waals surface area contributed by atoms with Crippen LogP contribution < -0.4 is 0 Å². The Kier molecular flexibility index (Phi) is 15.9. The second-order valence-corrected chi connectivity index (χ2v) is 10.5. The first kappa shape index (κ1) is 35.9. The number of Topliss-reactive ketones (excluding diaryl/α,β-unsaturated/α-hetero) is 1. The Morgan fingerprint density at radius 1 is 1.08 bits per heavy atom. The van der Waals surface area contributed by atoms with Crippen molar-refractivity contribution >= 4 is 40.4 Å². The highest BCUT2D eigenvalue weighted by Gasteiger charge is 2.41. The highest BCUT2D eigenvalue weighted by atomic mass is 35.5. The van der Waals surface area contributed by atoms with E-state index in [2.05, 4.69) is 6.58 Å². The Balaban J connectivity index is 0.000000962. The molecule has 3 nitrogen and oxygen atoms in total. The zero-order chi connectivity index (χ0) is 29.7. The van der Waals surface area contributed by atoms with Crippen LogP contribution in [0.4, 0.5) is 17.6 Å². The lowest BCUT2D eigenvalue weighted by molar-refractivity contribution is -0.156. The molecule has 1 aliphatic rings. The number of ether oxygens (including phenoxy) is 1. The molecular formula is C29H39ClF4O3S. The van der Waals surface area contributed by atoms with Crippen molar-refractivity contribution in [1.82, 2.24) is 0 Å². The molecule has 1 saturated carbocycles. The van der Waals surface area contributed by atoms with Gasteiger partial charge in [0.1, 0.15) is 18.2 Å². The number of carbonyl (C=O) groups excluding carboxylic acids is 2. The zero-order valence-electron chi connectivity index (χ0n) is 23.1. The highest BCUT2D eigenvalue weighted by Crippen LogP contribution is 2.42. The smallest absolute Gasteiger partial charge is 0.412 e. The van der Waals surface area contributed by atoms with Crippen molar-refractivity contribution in [3.05, 3.63) is 57.9 Å². The molecule has 0 aromatic heterocycles. The molecule has 0 radical (unpaired) electrons. The molecule has 214 valence electrons. The van der Waals surface area contributed by atoms with Crippen LogP contribution in [0.15, 0.2) is 35.9 Å². The molecule has 9 heteroatoms. The first-order valence-corrected chi connectivity index (χ1v) is 13.4. The standard InChI is InChI=1S/C20H24ClFO3S.C7H9F3.C2H6/c1-13(23)8-15-9-16(17(21)10-18(15)22)11-20(6-4-3-5-7-20)19(24)25-12-14(2)26;1-5(2)4-6(3)7(8,9)10;1-2/h9-10H,3-8,11-12H2,1-2H3;4H,1H2,2-3H3;1-2H3/b;6-4+;. The fraction of sp³-hybridized carbons (Fsp3) is 0.552. The molecule has 38 heavy (non-hydrogen) atoms. The summed E-state index contributed by atoms with van der Waals surface area (Å²) >= 11 is 11.3. The predicted octanol–water partition coefficient (Wildman–Crippen LogP) is 9.13. The Hall–Kier alpha value is -2.06. The van der Waals surface area contributed by atoms with E-state index < -0.39 is 23.0 Å². The molecule has 0 aliphatic heterocycles. The van der Waals surface area contributed by atoms with Crippen LogP contribution in [-0.2, 0) is 27.2 Å². The molecule has 0 heterocycles. The van der Waals surface area contributed by atoms with Crippen molar-refractivity contribution in [1.29, 1.82) is 0 Å². The van der Waals surface area contributed by atoms with Gasteiger partial charge in [0, 0.05) is 21.9 Å². The van der Waals surface area contributed by atoms with Crippen molar-refractivity contribution in [2.24, 2.45) is 5.41 Å². The fourth-order valence-electron chi connectivity index (χ4n) is 4.00. The second-order valence-electron chi connectivity index (χ2n) is 9.38. The molecule has 1 aliphatic carbocycles. The molecule has 2 rings (SSSR count). The van der Waals surface area contributed by atoms with Gasteiger partial charge in [0.05, 0.1) is 5.41 Å². The van der Waals surface area contributed by atoms with Crippen LogP contribution in [0.2, 0.25) is 5.02 Å². The summed E-state index contributed by atoms with van der Waals surface area (Å²) < 4.78 is 54.6. The van der Waals surface area contributed by atoms with Crippen molar-refractivity contribution in [2.75, 3.05) is 6.61 Å². The lowest BCUT2D eigenvalue weighted by Crippen LogP contribution is -2.38. The average molecular weight is 579 g/mol. The molecule has 1 aromatic rings. The van der Waals surface area contributed by atoms with Crippen molar-refractivity contribution in [3.63, 3.8) is 0 Å². The van der Waals surface area contributed by atoms with Gasteiger partial charge in [-0.25, -0.2) is 4.39 Å². The number of rotatable bonds is 8. The molecule has 0 unspecified atom stereocenters. The van der Waals surface area contributed by atoms with Crippen LogP contribution in [0.5, 0.6) is 0 Å². The fourth-order valence-corrected chi connectivity index (χ4v) is 4.28. The number of ketones is 1. The van der Waals surface area contributed by atoms with Crippen molar-refractivity contribution in [2.45, 2.75) is 92.7 Å². The maximum Gasteiger partial charge on any atom is 0.412 e. The third kappa shape index (κ3) is 12.7. The first-order chi connectivity index (χ1) is 17.6. The lowest BCUT2D eigenvalue weighted by atomic mass is 9.70. The SMILES string of the molecule is C=C(C)/C=C(\C)C(F)(F)F.CC.CC(=O)Cc1cc(CC2(C(=O)OCC(C)=S)CCCCC2)c(Cl)cc1F. The first-order valence-electron chi connectivity index (χ1n) is 12.6. The summed E-state index contributed by atoms with van der Waals surface area (Å²) in [6.07, 6.45) is 1.56.